The first-order valence-electron chi connectivity index (χ1n) is 3.86. The maximum atomic E-state index is 5.55. The van der Waals surface area contributed by atoms with Crippen LogP contribution in [0.5, 0.6) is 0 Å². The van der Waals surface area contributed by atoms with Gasteiger partial charge < -0.3 is 11.5 Å². The number of thiophene rings is 2. The van der Waals surface area contributed by atoms with Crippen LogP contribution in [-0.2, 0) is 0 Å². The third-order valence-electron chi connectivity index (χ3n) is 1.47. The Kier molecular flexibility index (Phi) is 6.35. The molecule has 88 valence electrons. The maximum Gasteiger partial charge on any atom is 0.140 e. The standard InChI is InChI=1S/C8H8N4S2.2ClH/c9-5-1-3-7(13-5)11-12-8-4-2-6(10)14-8;;/h1-4H,9-10H2;2*1H. The van der Waals surface area contributed by atoms with E-state index in [-0.39, 0.29) is 24.8 Å². The third-order valence-corrected chi connectivity index (χ3v) is 3.07. The molecule has 16 heavy (non-hydrogen) atoms. The fraction of sp³-hybridized carbons (Fsp3) is 0. The normalized spacial score (nSPS) is 9.75. The Morgan fingerprint density at radius 2 is 1.12 bits per heavy atom. The summed E-state index contributed by atoms with van der Waals surface area (Å²) in [7, 11) is 0. The number of hydrogen-bond donors (Lipinski definition) is 2. The number of hydrogen-bond acceptors (Lipinski definition) is 6. The molecule has 2 heterocycles. The van der Waals surface area contributed by atoms with Crippen molar-refractivity contribution in [1.82, 2.24) is 0 Å². The van der Waals surface area contributed by atoms with Gasteiger partial charge in [0, 0.05) is 0 Å². The summed E-state index contributed by atoms with van der Waals surface area (Å²) in [5, 5.41) is 11.1. The molecule has 4 nitrogen and oxygen atoms in total. The molecule has 0 fully saturated rings. The van der Waals surface area contributed by atoms with Crippen molar-refractivity contribution in [2.75, 3.05) is 11.5 Å². The maximum absolute atomic E-state index is 5.55. The highest BCUT2D eigenvalue weighted by molar-refractivity contribution is 7.20. The van der Waals surface area contributed by atoms with Crippen LogP contribution in [0.25, 0.3) is 0 Å². The smallest absolute Gasteiger partial charge is 0.140 e. The monoisotopic (exact) mass is 296 g/mol. The minimum absolute atomic E-state index is 0. The van der Waals surface area contributed by atoms with Gasteiger partial charge in [0.15, 0.2) is 0 Å². The Hall–Kier alpha value is -0.820. The molecule has 8 heteroatoms. The lowest BCUT2D eigenvalue weighted by molar-refractivity contribution is 1.28. The van der Waals surface area contributed by atoms with E-state index in [2.05, 4.69) is 10.2 Å². The van der Waals surface area contributed by atoms with Crippen molar-refractivity contribution in [2.45, 2.75) is 0 Å². The number of nitrogens with two attached hydrogens (primary N) is 2. The van der Waals surface area contributed by atoms with Crippen LogP contribution in [0.3, 0.4) is 0 Å². The van der Waals surface area contributed by atoms with Crippen LogP contribution in [0.1, 0.15) is 0 Å². The van der Waals surface area contributed by atoms with Gasteiger partial charge in [-0.3, -0.25) is 0 Å². The van der Waals surface area contributed by atoms with Crippen molar-refractivity contribution >= 4 is 67.5 Å². The summed E-state index contributed by atoms with van der Waals surface area (Å²) >= 11 is 2.81. The van der Waals surface area contributed by atoms with E-state index in [1.54, 1.807) is 0 Å². The number of anilines is 2. The Balaban J connectivity index is 0.00000112. The molecule has 0 aromatic carbocycles. The zero-order chi connectivity index (χ0) is 9.97. The van der Waals surface area contributed by atoms with Gasteiger partial charge in [-0.25, -0.2) is 0 Å². The number of halogens is 2. The molecule has 4 N–H and O–H groups in total. The predicted octanol–water partition coefficient (Wildman–Crippen LogP) is 4.23. The van der Waals surface area contributed by atoms with Gasteiger partial charge >= 0.3 is 0 Å². The number of nitrogens with zero attached hydrogens (tertiary/aromatic N) is 2. The second-order valence-electron chi connectivity index (χ2n) is 2.55. The number of nitrogen functional groups attached to an aromatic ring is 2. The van der Waals surface area contributed by atoms with Crippen molar-refractivity contribution in [3.8, 4) is 0 Å². The Morgan fingerprint density at radius 3 is 1.38 bits per heavy atom. The topological polar surface area (TPSA) is 76.8 Å². The van der Waals surface area contributed by atoms with Crippen LogP contribution < -0.4 is 11.5 Å². The molecule has 0 aliphatic carbocycles. The first-order valence-corrected chi connectivity index (χ1v) is 5.50. The molecule has 0 saturated heterocycles. The number of azo groups is 1. The minimum Gasteiger partial charge on any atom is -0.391 e. The molecule has 0 saturated carbocycles. The van der Waals surface area contributed by atoms with Crippen LogP contribution in [0, 0.1) is 0 Å². The third kappa shape index (κ3) is 3.97. The van der Waals surface area contributed by atoms with E-state index in [0.29, 0.717) is 0 Å². The van der Waals surface area contributed by atoms with Gasteiger partial charge in [0.25, 0.3) is 0 Å². The van der Waals surface area contributed by atoms with Crippen LogP contribution >= 0.6 is 47.5 Å². The molecule has 0 atom stereocenters. The lowest BCUT2D eigenvalue weighted by Gasteiger charge is -1.82. The van der Waals surface area contributed by atoms with E-state index in [0.717, 1.165) is 20.0 Å². The molecular formula is C8H10Cl2N4S2. The Labute approximate surface area is 113 Å². The summed E-state index contributed by atoms with van der Waals surface area (Å²) in [4.78, 5) is 0. The second-order valence-corrected chi connectivity index (χ2v) is 4.74. The second kappa shape index (κ2) is 6.70. The predicted molar refractivity (Wildman–Crippen MR) is 76.1 cm³/mol. The van der Waals surface area contributed by atoms with Gasteiger partial charge in [-0.2, -0.15) is 0 Å². The van der Waals surface area contributed by atoms with Crippen molar-refractivity contribution < 1.29 is 0 Å². The van der Waals surface area contributed by atoms with E-state index in [9.17, 15) is 0 Å². The molecule has 0 bridgehead atoms. The Morgan fingerprint density at radius 1 is 0.750 bits per heavy atom. The summed E-state index contributed by atoms with van der Waals surface area (Å²) in [6, 6.07) is 7.28. The van der Waals surface area contributed by atoms with Gasteiger partial charge in [0.1, 0.15) is 10.0 Å². The highest BCUT2D eigenvalue weighted by Crippen LogP contribution is 2.31. The SMILES string of the molecule is Cl.Cl.Nc1ccc(N=Nc2ccc(N)s2)s1. The fourth-order valence-corrected chi connectivity index (χ4v) is 2.08. The quantitative estimate of drug-likeness (QED) is 0.814. The first-order chi connectivity index (χ1) is 6.74. The lowest BCUT2D eigenvalue weighted by Crippen LogP contribution is -1.72. The van der Waals surface area contributed by atoms with E-state index >= 15 is 0 Å². The number of rotatable bonds is 2. The first kappa shape index (κ1) is 15.2. The molecule has 2 aromatic heterocycles. The minimum atomic E-state index is 0. The van der Waals surface area contributed by atoms with Crippen molar-refractivity contribution in [3.63, 3.8) is 0 Å². The highest BCUT2D eigenvalue weighted by atomic mass is 35.5. The van der Waals surface area contributed by atoms with Crippen LogP contribution in [0.15, 0.2) is 34.5 Å². The van der Waals surface area contributed by atoms with Crippen LogP contribution in [0.4, 0.5) is 20.0 Å². The van der Waals surface area contributed by atoms with Gasteiger partial charge in [-0.15, -0.1) is 35.0 Å². The molecule has 0 amide bonds. The Bertz CT molecular complexity index is 424. The summed E-state index contributed by atoms with van der Waals surface area (Å²) in [6.45, 7) is 0. The van der Waals surface area contributed by atoms with E-state index in [4.69, 9.17) is 11.5 Å². The summed E-state index contributed by atoms with van der Waals surface area (Å²) < 4.78 is 0. The van der Waals surface area contributed by atoms with Crippen LogP contribution in [-0.4, -0.2) is 0 Å². The molecule has 0 aliphatic rings. The molecule has 0 aliphatic heterocycles. The fourth-order valence-electron chi connectivity index (χ4n) is 0.890. The van der Waals surface area contributed by atoms with E-state index in [1.807, 2.05) is 24.3 Å². The lowest BCUT2D eigenvalue weighted by atomic mass is 10.6. The zero-order valence-corrected chi connectivity index (χ0v) is 11.3. The summed E-state index contributed by atoms with van der Waals surface area (Å²) in [6.07, 6.45) is 0. The van der Waals surface area contributed by atoms with Crippen molar-refractivity contribution in [1.29, 1.82) is 0 Å². The van der Waals surface area contributed by atoms with Gasteiger partial charge in [0.05, 0.1) is 10.0 Å². The van der Waals surface area contributed by atoms with Crippen molar-refractivity contribution in [2.24, 2.45) is 10.2 Å². The van der Waals surface area contributed by atoms with Gasteiger partial charge in [-0.1, -0.05) is 22.7 Å². The van der Waals surface area contributed by atoms with Crippen molar-refractivity contribution in [3.05, 3.63) is 24.3 Å². The molecule has 0 spiro atoms. The largest absolute Gasteiger partial charge is 0.391 e. The molecular weight excluding hydrogens is 287 g/mol. The summed E-state index contributed by atoms with van der Waals surface area (Å²) in [5.74, 6) is 0. The highest BCUT2D eigenvalue weighted by Gasteiger charge is 1.96. The summed E-state index contributed by atoms with van der Waals surface area (Å²) in [5.41, 5.74) is 11.1. The van der Waals surface area contributed by atoms with Crippen LogP contribution in [0.2, 0.25) is 0 Å². The van der Waals surface area contributed by atoms with E-state index in [1.165, 1.54) is 22.7 Å². The molecule has 0 unspecified atom stereocenters. The molecule has 2 rings (SSSR count). The molecule has 0 radical (unpaired) electrons. The molecule has 2 aromatic rings. The average molecular weight is 297 g/mol. The van der Waals surface area contributed by atoms with Gasteiger partial charge in [0.2, 0.25) is 0 Å². The zero-order valence-electron chi connectivity index (χ0n) is 7.99. The van der Waals surface area contributed by atoms with Gasteiger partial charge in [-0.05, 0) is 24.3 Å². The van der Waals surface area contributed by atoms with E-state index < -0.39 is 0 Å². The average Bonchev–Trinajstić information content (AvgIpc) is 2.72.